The highest BCUT2D eigenvalue weighted by Gasteiger charge is 2.10. The van der Waals surface area contributed by atoms with E-state index in [0.717, 1.165) is 6.26 Å². The van der Waals surface area contributed by atoms with Gasteiger partial charge in [-0.05, 0) is 0 Å². The molecule has 0 amide bonds. The van der Waals surface area contributed by atoms with Crippen LogP contribution in [0.5, 0.6) is 0 Å². The fourth-order valence-electron chi connectivity index (χ4n) is 1.29. The van der Waals surface area contributed by atoms with Gasteiger partial charge in [-0.25, -0.2) is 4.79 Å². The van der Waals surface area contributed by atoms with E-state index in [4.69, 9.17) is 14.3 Å². The molecule has 0 radical (unpaired) electrons. The Hall–Kier alpha value is -2.35. The molecule has 0 saturated carbocycles. The van der Waals surface area contributed by atoms with Crippen LogP contribution in [0.4, 0.5) is 11.7 Å². The average molecular weight is 252 g/mol. The molecule has 0 bridgehead atoms. The second kappa shape index (κ2) is 5.32. The molecule has 2 aromatic rings. The molecule has 2 aromatic heterocycles. The Bertz CT molecular complexity index is 533. The van der Waals surface area contributed by atoms with Gasteiger partial charge < -0.3 is 19.6 Å². The van der Waals surface area contributed by atoms with E-state index in [1.165, 1.54) is 0 Å². The van der Waals surface area contributed by atoms with Gasteiger partial charge in [0, 0.05) is 13.3 Å². The van der Waals surface area contributed by atoms with Crippen LogP contribution >= 0.6 is 0 Å². The van der Waals surface area contributed by atoms with Gasteiger partial charge in [0.15, 0.2) is 5.69 Å². The molecule has 8 heteroatoms. The first-order chi connectivity index (χ1) is 8.69. The molecule has 0 aliphatic carbocycles. The van der Waals surface area contributed by atoms with Crippen LogP contribution in [0.25, 0.3) is 0 Å². The molecule has 96 valence electrons. The molecule has 8 nitrogen and oxygen atoms in total. The van der Waals surface area contributed by atoms with Gasteiger partial charge in [-0.2, -0.15) is 10.1 Å². The number of methoxy groups -OCH3 is 1. The first kappa shape index (κ1) is 12.1. The van der Waals surface area contributed by atoms with Crippen molar-refractivity contribution in [2.45, 2.75) is 6.54 Å². The van der Waals surface area contributed by atoms with E-state index >= 15 is 0 Å². The number of anilines is 2. The first-order valence-corrected chi connectivity index (χ1v) is 5.16. The fraction of sp³-hybridized carbons (Fsp3) is 0.300. The van der Waals surface area contributed by atoms with E-state index in [9.17, 15) is 4.79 Å². The summed E-state index contributed by atoms with van der Waals surface area (Å²) in [5, 5.41) is 15.6. The third kappa shape index (κ3) is 2.86. The van der Waals surface area contributed by atoms with Gasteiger partial charge in [-0.1, -0.05) is 0 Å². The Morgan fingerprint density at radius 1 is 1.67 bits per heavy atom. The molecular weight excluding hydrogens is 240 g/mol. The minimum absolute atomic E-state index is 0.110. The number of aromatic nitrogens is 3. The predicted molar refractivity (Wildman–Crippen MR) is 60.8 cm³/mol. The Morgan fingerprint density at radius 2 is 2.50 bits per heavy atom. The Kier molecular flexibility index (Phi) is 3.58. The third-order valence-electron chi connectivity index (χ3n) is 2.13. The Balaban J connectivity index is 1.99. The molecule has 0 aliphatic heterocycles. The van der Waals surface area contributed by atoms with Crippen LogP contribution in [0.3, 0.4) is 0 Å². The molecule has 0 unspecified atom stereocenters. The zero-order chi connectivity index (χ0) is 13.0. The van der Waals surface area contributed by atoms with Crippen LogP contribution in [0, 0.1) is 0 Å². The highest BCUT2D eigenvalue weighted by Crippen LogP contribution is 2.15. The van der Waals surface area contributed by atoms with E-state index in [-0.39, 0.29) is 11.7 Å². The molecule has 18 heavy (non-hydrogen) atoms. The summed E-state index contributed by atoms with van der Waals surface area (Å²) in [4.78, 5) is 14.3. The van der Waals surface area contributed by atoms with Gasteiger partial charge in [-0.3, -0.25) is 4.68 Å². The molecule has 0 saturated heterocycles. The lowest BCUT2D eigenvalue weighted by Crippen LogP contribution is -2.03. The van der Waals surface area contributed by atoms with Crippen LogP contribution in [0.2, 0.25) is 0 Å². The highest BCUT2D eigenvalue weighted by molar-refractivity contribution is 5.85. The van der Waals surface area contributed by atoms with Gasteiger partial charge in [0.2, 0.25) is 0 Å². The summed E-state index contributed by atoms with van der Waals surface area (Å²) in [6.07, 6.45) is 4.39. The number of carbonyl (C=O) groups is 1. The summed E-state index contributed by atoms with van der Waals surface area (Å²) < 4.78 is 11.6. The second-order valence-electron chi connectivity index (χ2n) is 3.45. The van der Waals surface area contributed by atoms with E-state index < -0.39 is 5.97 Å². The maximum Gasteiger partial charge on any atom is 0.357 e. The van der Waals surface area contributed by atoms with Crippen molar-refractivity contribution in [2.75, 3.05) is 19.0 Å². The largest absolute Gasteiger partial charge is 0.476 e. The summed E-state index contributed by atoms with van der Waals surface area (Å²) in [5.74, 6) is -1.14. The van der Waals surface area contributed by atoms with E-state index in [1.54, 1.807) is 24.2 Å². The van der Waals surface area contributed by atoms with E-state index in [0.29, 0.717) is 18.8 Å². The van der Waals surface area contributed by atoms with Gasteiger partial charge in [0.1, 0.15) is 6.26 Å². The number of aromatic carboxylic acids is 1. The molecule has 0 atom stereocenters. The minimum Gasteiger partial charge on any atom is -0.476 e. The predicted octanol–water partition coefficient (Wildman–Crippen LogP) is 0.959. The van der Waals surface area contributed by atoms with Crippen LogP contribution in [0.1, 0.15) is 10.5 Å². The SMILES string of the molecule is COCCn1cc(Nc2nc(C(=O)O)co2)cn1. The lowest BCUT2D eigenvalue weighted by Gasteiger charge is -1.98. The number of nitrogens with one attached hydrogen (secondary N) is 1. The number of ether oxygens (including phenoxy) is 1. The maximum atomic E-state index is 10.6. The number of nitrogens with zero attached hydrogens (tertiary/aromatic N) is 3. The molecule has 0 spiro atoms. The van der Waals surface area contributed by atoms with Crippen molar-refractivity contribution in [3.63, 3.8) is 0 Å². The van der Waals surface area contributed by atoms with Crippen LogP contribution < -0.4 is 5.32 Å². The number of oxazole rings is 1. The zero-order valence-corrected chi connectivity index (χ0v) is 9.66. The van der Waals surface area contributed by atoms with Crippen LogP contribution in [-0.2, 0) is 11.3 Å². The molecule has 0 fully saturated rings. The summed E-state index contributed by atoms with van der Waals surface area (Å²) in [7, 11) is 1.61. The van der Waals surface area contributed by atoms with Crippen molar-refractivity contribution in [2.24, 2.45) is 0 Å². The number of carboxylic acids is 1. The third-order valence-corrected chi connectivity index (χ3v) is 2.13. The number of hydrogen-bond acceptors (Lipinski definition) is 6. The first-order valence-electron chi connectivity index (χ1n) is 5.16. The topological polar surface area (TPSA) is 102 Å². The molecular formula is C10H12N4O4. The highest BCUT2D eigenvalue weighted by atomic mass is 16.5. The van der Waals surface area contributed by atoms with Crippen molar-refractivity contribution in [3.05, 3.63) is 24.4 Å². The van der Waals surface area contributed by atoms with Crippen LogP contribution in [0.15, 0.2) is 23.1 Å². The summed E-state index contributed by atoms with van der Waals surface area (Å²) in [6.45, 7) is 1.19. The number of carboxylic acid groups (broad SMARTS) is 1. The smallest absolute Gasteiger partial charge is 0.357 e. The Labute approximate surface area is 102 Å². The van der Waals surface area contributed by atoms with Crippen LogP contribution in [-0.4, -0.2) is 39.6 Å². The molecule has 2 rings (SSSR count). The van der Waals surface area contributed by atoms with Crippen molar-refractivity contribution < 1.29 is 19.1 Å². The molecule has 0 aliphatic rings. The summed E-state index contributed by atoms with van der Waals surface area (Å²) >= 11 is 0. The lowest BCUT2D eigenvalue weighted by atomic mass is 10.5. The minimum atomic E-state index is -1.14. The summed E-state index contributed by atoms with van der Waals surface area (Å²) in [6, 6.07) is 0.110. The molecule has 2 N–H and O–H groups in total. The van der Waals surface area contributed by atoms with E-state index in [1.807, 2.05) is 0 Å². The Morgan fingerprint density at radius 3 is 3.17 bits per heavy atom. The fourth-order valence-corrected chi connectivity index (χ4v) is 1.29. The zero-order valence-electron chi connectivity index (χ0n) is 9.66. The van der Waals surface area contributed by atoms with Gasteiger partial charge in [0.25, 0.3) is 6.01 Å². The molecule has 0 aromatic carbocycles. The second-order valence-corrected chi connectivity index (χ2v) is 3.45. The van der Waals surface area contributed by atoms with Crippen molar-refractivity contribution in [1.82, 2.24) is 14.8 Å². The lowest BCUT2D eigenvalue weighted by molar-refractivity contribution is 0.0690. The van der Waals surface area contributed by atoms with Crippen molar-refractivity contribution >= 4 is 17.7 Å². The van der Waals surface area contributed by atoms with Crippen molar-refractivity contribution in [1.29, 1.82) is 0 Å². The summed E-state index contributed by atoms with van der Waals surface area (Å²) in [5.41, 5.74) is 0.508. The van der Waals surface area contributed by atoms with Gasteiger partial charge in [0.05, 0.1) is 25.0 Å². The quantitative estimate of drug-likeness (QED) is 0.789. The molecule has 2 heterocycles. The maximum absolute atomic E-state index is 10.6. The number of rotatable bonds is 6. The number of hydrogen-bond donors (Lipinski definition) is 2. The van der Waals surface area contributed by atoms with Gasteiger partial charge in [-0.15, -0.1) is 0 Å². The standard InChI is InChI=1S/C10H12N4O4/c1-17-3-2-14-5-7(4-11-14)12-10-13-8(6-18-10)9(15)16/h4-6H,2-3H2,1H3,(H,12,13)(H,15,16). The van der Waals surface area contributed by atoms with Gasteiger partial charge >= 0.3 is 5.97 Å². The van der Waals surface area contributed by atoms with Crippen molar-refractivity contribution in [3.8, 4) is 0 Å². The average Bonchev–Trinajstić information content (AvgIpc) is 2.96. The monoisotopic (exact) mass is 252 g/mol. The van der Waals surface area contributed by atoms with E-state index in [2.05, 4.69) is 15.4 Å². The normalized spacial score (nSPS) is 10.5.